The molecule has 1 aliphatic heterocycles. The summed E-state index contributed by atoms with van der Waals surface area (Å²) in [7, 11) is 1.59. The highest BCUT2D eigenvalue weighted by molar-refractivity contribution is 5.74. The van der Waals surface area contributed by atoms with Crippen LogP contribution in [0.2, 0.25) is 0 Å². The Morgan fingerprint density at radius 3 is 2.67 bits per heavy atom. The SMILES string of the molecule is CN(CCC(=O)O)C(=O)NCCN1CCOCC1. The average molecular weight is 259 g/mol. The summed E-state index contributed by atoms with van der Waals surface area (Å²) in [5.74, 6) is -0.900. The average Bonchev–Trinajstić information content (AvgIpc) is 2.37. The summed E-state index contributed by atoms with van der Waals surface area (Å²) in [5.41, 5.74) is 0. The lowest BCUT2D eigenvalue weighted by Crippen LogP contribution is -2.44. The molecule has 1 heterocycles. The van der Waals surface area contributed by atoms with Crippen LogP contribution in [0.5, 0.6) is 0 Å². The standard InChI is InChI=1S/C11H21N3O4/c1-13(4-2-10(15)16)11(17)12-3-5-14-6-8-18-9-7-14/h2-9H2,1H3,(H,12,17)(H,15,16). The topological polar surface area (TPSA) is 82.1 Å². The van der Waals surface area contributed by atoms with Gasteiger partial charge in [0.15, 0.2) is 0 Å². The summed E-state index contributed by atoms with van der Waals surface area (Å²) in [6.45, 7) is 4.85. The molecular formula is C11H21N3O4. The summed E-state index contributed by atoms with van der Waals surface area (Å²) in [5, 5.41) is 11.3. The molecule has 1 fully saturated rings. The maximum absolute atomic E-state index is 11.6. The van der Waals surface area contributed by atoms with E-state index in [1.165, 1.54) is 4.90 Å². The van der Waals surface area contributed by atoms with Gasteiger partial charge in [0.05, 0.1) is 19.6 Å². The molecule has 104 valence electrons. The summed E-state index contributed by atoms with van der Waals surface area (Å²) >= 11 is 0. The molecule has 1 saturated heterocycles. The Morgan fingerprint density at radius 2 is 2.06 bits per heavy atom. The first kappa shape index (κ1) is 14.7. The Morgan fingerprint density at radius 1 is 1.39 bits per heavy atom. The molecular weight excluding hydrogens is 238 g/mol. The van der Waals surface area contributed by atoms with Gasteiger partial charge in [-0.15, -0.1) is 0 Å². The fourth-order valence-electron chi connectivity index (χ4n) is 1.65. The second-order valence-corrected chi connectivity index (χ2v) is 4.25. The summed E-state index contributed by atoms with van der Waals surface area (Å²) in [6, 6.07) is -0.232. The maximum Gasteiger partial charge on any atom is 0.317 e. The number of urea groups is 1. The van der Waals surface area contributed by atoms with Gasteiger partial charge in [0.1, 0.15) is 0 Å². The van der Waals surface area contributed by atoms with E-state index < -0.39 is 5.97 Å². The second kappa shape index (κ2) is 7.88. The largest absolute Gasteiger partial charge is 0.481 e. The van der Waals surface area contributed by atoms with Crippen LogP contribution in [-0.4, -0.2) is 79.9 Å². The zero-order valence-electron chi connectivity index (χ0n) is 10.7. The number of hydrogen-bond acceptors (Lipinski definition) is 4. The van der Waals surface area contributed by atoms with E-state index in [4.69, 9.17) is 9.84 Å². The van der Waals surface area contributed by atoms with Crippen molar-refractivity contribution in [3.8, 4) is 0 Å². The molecule has 1 aliphatic rings. The van der Waals surface area contributed by atoms with E-state index in [2.05, 4.69) is 10.2 Å². The normalized spacial score (nSPS) is 16.3. The maximum atomic E-state index is 11.6. The lowest BCUT2D eigenvalue weighted by molar-refractivity contribution is -0.137. The van der Waals surface area contributed by atoms with Gasteiger partial charge >= 0.3 is 12.0 Å². The third kappa shape index (κ3) is 5.83. The van der Waals surface area contributed by atoms with Gasteiger partial charge in [0, 0.05) is 39.8 Å². The highest BCUT2D eigenvalue weighted by Gasteiger charge is 2.12. The molecule has 7 nitrogen and oxygen atoms in total. The lowest BCUT2D eigenvalue weighted by atomic mass is 10.4. The van der Waals surface area contributed by atoms with Crippen LogP contribution in [-0.2, 0) is 9.53 Å². The number of carbonyl (C=O) groups excluding carboxylic acids is 1. The zero-order valence-corrected chi connectivity index (χ0v) is 10.7. The van der Waals surface area contributed by atoms with Crippen LogP contribution in [0.3, 0.4) is 0 Å². The summed E-state index contributed by atoms with van der Waals surface area (Å²) in [6.07, 6.45) is -0.0343. The summed E-state index contributed by atoms with van der Waals surface area (Å²) in [4.78, 5) is 25.6. The Balaban J connectivity index is 2.09. The Bertz CT molecular complexity index is 279. The molecule has 0 bridgehead atoms. The van der Waals surface area contributed by atoms with Crippen molar-refractivity contribution in [3.63, 3.8) is 0 Å². The molecule has 0 aromatic rings. The van der Waals surface area contributed by atoms with Gasteiger partial charge < -0.3 is 20.1 Å². The van der Waals surface area contributed by atoms with E-state index in [9.17, 15) is 9.59 Å². The Labute approximate surface area is 107 Å². The third-order valence-electron chi connectivity index (χ3n) is 2.82. The quantitative estimate of drug-likeness (QED) is 0.668. The highest BCUT2D eigenvalue weighted by Crippen LogP contribution is 1.95. The highest BCUT2D eigenvalue weighted by atomic mass is 16.5. The minimum absolute atomic E-state index is 0.0343. The van der Waals surface area contributed by atoms with E-state index in [1.807, 2.05) is 0 Å². The molecule has 2 amide bonds. The van der Waals surface area contributed by atoms with Gasteiger partial charge in [-0.2, -0.15) is 0 Å². The zero-order chi connectivity index (χ0) is 13.4. The van der Waals surface area contributed by atoms with Crippen molar-refractivity contribution < 1.29 is 19.4 Å². The van der Waals surface area contributed by atoms with Gasteiger partial charge in [-0.05, 0) is 0 Å². The molecule has 0 radical (unpaired) electrons. The number of ether oxygens (including phenoxy) is 1. The predicted molar refractivity (Wildman–Crippen MR) is 65.5 cm³/mol. The van der Waals surface area contributed by atoms with Crippen LogP contribution in [0.4, 0.5) is 4.79 Å². The van der Waals surface area contributed by atoms with Crippen LogP contribution >= 0.6 is 0 Å². The molecule has 0 spiro atoms. The first-order chi connectivity index (χ1) is 8.59. The monoisotopic (exact) mass is 259 g/mol. The smallest absolute Gasteiger partial charge is 0.317 e. The number of carbonyl (C=O) groups is 2. The summed E-state index contributed by atoms with van der Waals surface area (Å²) < 4.78 is 5.23. The number of rotatable bonds is 6. The van der Waals surface area contributed by atoms with E-state index in [0.29, 0.717) is 6.54 Å². The van der Waals surface area contributed by atoms with Gasteiger partial charge in [0.25, 0.3) is 0 Å². The lowest BCUT2D eigenvalue weighted by Gasteiger charge is -2.27. The molecule has 0 atom stereocenters. The number of morpholine rings is 1. The van der Waals surface area contributed by atoms with Crippen LogP contribution in [0.1, 0.15) is 6.42 Å². The van der Waals surface area contributed by atoms with Crippen molar-refractivity contribution in [1.29, 1.82) is 0 Å². The Kier molecular flexibility index (Phi) is 6.45. The molecule has 0 unspecified atom stereocenters. The van der Waals surface area contributed by atoms with Crippen molar-refractivity contribution in [1.82, 2.24) is 15.1 Å². The fraction of sp³-hybridized carbons (Fsp3) is 0.818. The van der Waals surface area contributed by atoms with E-state index in [-0.39, 0.29) is 19.0 Å². The fourth-order valence-corrected chi connectivity index (χ4v) is 1.65. The van der Waals surface area contributed by atoms with Gasteiger partial charge in [-0.1, -0.05) is 0 Å². The molecule has 0 aromatic heterocycles. The number of nitrogens with one attached hydrogen (secondary N) is 1. The number of hydrogen-bond donors (Lipinski definition) is 2. The van der Waals surface area contributed by atoms with E-state index in [0.717, 1.165) is 32.8 Å². The van der Waals surface area contributed by atoms with Crippen LogP contribution in [0.25, 0.3) is 0 Å². The molecule has 7 heteroatoms. The Hall–Kier alpha value is -1.34. The number of carboxylic acids is 1. The second-order valence-electron chi connectivity index (χ2n) is 4.25. The van der Waals surface area contributed by atoms with E-state index >= 15 is 0 Å². The molecule has 1 rings (SSSR count). The first-order valence-corrected chi connectivity index (χ1v) is 6.10. The minimum atomic E-state index is -0.900. The van der Waals surface area contributed by atoms with Crippen molar-refractivity contribution in [3.05, 3.63) is 0 Å². The molecule has 0 saturated carbocycles. The third-order valence-corrected chi connectivity index (χ3v) is 2.82. The van der Waals surface area contributed by atoms with Crippen molar-refractivity contribution in [2.24, 2.45) is 0 Å². The van der Waals surface area contributed by atoms with Crippen molar-refractivity contribution >= 4 is 12.0 Å². The molecule has 18 heavy (non-hydrogen) atoms. The van der Waals surface area contributed by atoms with Gasteiger partial charge in [-0.25, -0.2) is 4.79 Å². The predicted octanol–water partition coefficient (Wildman–Crippen LogP) is -0.565. The van der Waals surface area contributed by atoms with Gasteiger partial charge in [0.2, 0.25) is 0 Å². The van der Waals surface area contributed by atoms with E-state index in [1.54, 1.807) is 7.05 Å². The van der Waals surface area contributed by atoms with Crippen LogP contribution < -0.4 is 5.32 Å². The van der Waals surface area contributed by atoms with Crippen molar-refractivity contribution in [2.45, 2.75) is 6.42 Å². The number of carboxylic acid groups (broad SMARTS) is 1. The molecule has 0 aliphatic carbocycles. The number of aliphatic carboxylic acids is 1. The van der Waals surface area contributed by atoms with Crippen molar-refractivity contribution in [2.75, 3.05) is 53.0 Å². The molecule has 2 N–H and O–H groups in total. The van der Waals surface area contributed by atoms with Gasteiger partial charge in [-0.3, -0.25) is 9.69 Å². The number of nitrogens with zero attached hydrogens (tertiary/aromatic N) is 2. The van der Waals surface area contributed by atoms with Crippen LogP contribution in [0, 0.1) is 0 Å². The first-order valence-electron chi connectivity index (χ1n) is 6.10. The minimum Gasteiger partial charge on any atom is -0.481 e. The molecule has 0 aromatic carbocycles. The number of amides is 2. The van der Waals surface area contributed by atoms with Crippen LogP contribution in [0.15, 0.2) is 0 Å².